The highest BCUT2D eigenvalue weighted by atomic mass is 16.5. The van der Waals surface area contributed by atoms with Gasteiger partial charge in [-0.1, -0.05) is 13.0 Å². The lowest BCUT2D eigenvalue weighted by molar-refractivity contribution is 0.0158. The molecule has 118 valence electrons. The van der Waals surface area contributed by atoms with E-state index in [1.54, 1.807) is 0 Å². The fourth-order valence-electron chi connectivity index (χ4n) is 2.59. The first kappa shape index (κ1) is 16.2. The summed E-state index contributed by atoms with van der Waals surface area (Å²) < 4.78 is 5.58. The summed E-state index contributed by atoms with van der Waals surface area (Å²) in [4.78, 5) is 6.88. The van der Waals surface area contributed by atoms with Crippen LogP contribution in [0.15, 0.2) is 18.3 Å². The van der Waals surface area contributed by atoms with E-state index in [2.05, 4.69) is 34.3 Å². The molecule has 5 nitrogen and oxygen atoms in total. The van der Waals surface area contributed by atoms with Gasteiger partial charge in [-0.15, -0.1) is 0 Å². The zero-order valence-electron chi connectivity index (χ0n) is 12.9. The largest absolute Gasteiger partial charge is 0.394 e. The second kappa shape index (κ2) is 8.97. The Kier molecular flexibility index (Phi) is 6.92. The molecule has 1 aliphatic heterocycles. The van der Waals surface area contributed by atoms with E-state index >= 15 is 0 Å². The van der Waals surface area contributed by atoms with Gasteiger partial charge in [0, 0.05) is 25.8 Å². The van der Waals surface area contributed by atoms with E-state index in [0.29, 0.717) is 6.61 Å². The number of piperidine rings is 1. The van der Waals surface area contributed by atoms with Gasteiger partial charge in [-0.3, -0.25) is 0 Å². The highest BCUT2D eigenvalue weighted by Crippen LogP contribution is 2.19. The molecule has 0 amide bonds. The molecule has 0 saturated carbocycles. The van der Waals surface area contributed by atoms with Crippen molar-refractivity contribution in [1.29, 1.82) is 0 Å². The van der Waals surface area contributed by atoms with Gasteiger partial charge in [0.2, 0.25) is 0 Å². The van der Waals surface area contributed by atoms with Crippen LogP contribution in [0.2, 0.25) is 0 Å². The van der Waals surface area contributed by atoms with Gasteiger partial charge in [-0.05, 0) is 37.4 Å². The lowest BCUT2D eigenvalue weighted by Gasteiger charge is -2.32. The maximum Gasteiger partial charge on any atom is 0.128 e. The molecule has 2 N–H and O–H groups in total. The van der Waals surface area contributed by atoms with Crippen LogP contribution in [0, 0.1) is 0 Å². The van der Waals surface area contributed by atoms with Gasteiger partial charge in [0.1, 0.15) is 5.82 Å². The molecule has 0 bridgehead atoms. The van der Waals surface area contributed by atoms with Crippen LogP contribution < -0.4 is 10.2 Å². The SMILES string of the molecule is CCCNCc1ccc(N2CCC(OCCO)CC2)nc1. The minimum Gasteiger partial charge on any atom is -0.394 e. The Labute approximate surface area is 127 Å². The number of ether oxygens (including phenoxy) is 1. The molecule has 2 rings (SSSR count). The van der Waals surface area contributed by atoms with Gasteiger partial charge in [-0.25, -0.2) is 4.98 Å². The van der Waals surface area contributed by atoms with E-state index < -0.39 is 0 Å². The topological polar surface area (TPSA) is 57.6 Å². The van der Waals surface area contributed by atoms with Gasteiger partial charge < -0.3 is 20.1 Å². The van der Waals surface area contributed by atoms with Gasteiger partial charge >= 0.3 is 0 Å². The smallest absolute Gasteiger partial charge is 0.128 e. The first-order chi connectivity index (χ1) is 10.3. The minimum absolute atomic E-state index is 0.106. The van der Waals surface area contributed by atoms with Crippen molar-refractivity contribution in [2.45, 2.75) is 38.8 Å². The minimum atomic E-state index is 0.106. The number of pyridine rings is 1. The Morgan fingerprint density at radius 1 is 1.38 bits per heavy atom. The van der Waals surface area contributed by atoms with E-state index in [1.165, 1.54) is 5.56 Å². The van der Waals surface area contributed by atoms with E-state index in [0.717, 1.165) is 51.3 Å². The average Bonchev–Trinajstić information content (AvgIpc) is 2.54. The molecule has 0 aliphatic carbocycles. The Hall–Kier alpha value is -1.17. The van der Waals surface area contributed by atoms with Crippen molar-refractivity contribution in [2.24, 2.45) is 0 Å². The summed E-state index contributed by atoms with van der Waals surface area (Å²) in [5.41, 5.74) is 1.23. The zero-order chi connectivity index (χ0) is 14.9. The molecule has 1 fully saturated rings. The fourth-order valence-corrected chi connectivity index (χ4v) is 2.59. The number of aromatic nitrogens is 1. The number of hydrogen-bond acceptors (Lipinski definition) is 5. The van der Waals surface area contributed by atoms with Crippen LogP contribution in [0.1, 0.15) is 31.7 Å². The van der Waals surface area contributed by atoms with E-state index in [9.17, 15) is 0 Å². The van der Waals surface area contributed by atoms with E-state index in [1.807, 2.05) is 6.20 Å². The summed E-state index contributed by atoms with van der Waals surface area (Å²) in [6.07, 6.45) is 5.40. The molecular weight excluding hydrogens is 266 g/mol. The molecular formula is C16H27N3O2. The summed E-state index contributed by atoms with van der Waals surface area (Å²) in [6.45, 7) is 6.59. The third-order valence-electron chi connectivity index (χ3n) is 3.78. The lowest BCUT2D eigenvalue weighted by atomic mass is 10.1. The van der Waals surface area contributed by atoms with Crippen LogP contribution in [0.5, 0.6) is 0 Å². The van der Waals surface area contributed by atoms with Crippen molar-refractivity contribution in [3.05, 3.63) is 23.9 Å². The Morgan fingerprint density at radius 2 is 2.19 bits per heavy atom. The first-order valence-electron chi connectivity index (χ1n) is 7.96. The molecule has 0 atom stereocenters. The summed E-state index contributed by atoms with van der Waals surface area (Å²) in [5.74, 6) is 1.05. The number of aliphatic hydroxyl groups is 1. The van der Waals surface area contributed by atoms with Gasteiger partial charge in [0.05, 0.1) is 19.3 Å². The second-order valence-corrected chi connectivity index (χ2v) is 5.48. The number of nitrogens with one attached hydrogen (secondary N) is 1. The van der Waals surface area contributed by atoms with Crippen LogP contribution in [0.3, 0.4) is 0 Å². The molecule has 1 aliphatic rings. The maximum absolute atomic E-state index is 8.78. The number of nitrogens with zero attached hydrogens (tertiary/aromatic N) is 2. The van der Waals surface area contributed by atoms with E-state index in [4.69, 9.17) is 9.84 Å². The predicted octanol–water partition coefficient (Wildman–Crippen LogP) is 1.56. The average molecular weight is 293 g/mol. The normalized spacial score (nSPS) is 16.4. The molecule has 1 aromatic rings. The van der Waals surface area contributed by atoms with Gasteiger partial charge in [0.15, 0.2) is 0 Å². The Balaban J connectivity index is 1.78. The van der Waals surface area contributed by atoms with Crippen molar-refractivity contribution in [2.75, 3.05) is 37.7 Å². The molecule has 5 heteroatoms. The molecule has 2 heterocycles. The van der Waals surface area contributed by atoms with Gasteiger partial charge in [-0.2, -0.15) is 0 Å². The van der Waals surface area contributed by atoms with Crippen molar-refractivity contribution >= 4 is 5.82 Å². The Bertz CT molecular complexity index is 389. The number of aliphatic hydroxyl groups excluding tert-OH is 1. The standard InChI is InChI=1S/C16H27N3O2/c1-2-7-17-12-14-3-4-16(18-13-14)19-8-5-15(6-9-19)21-11-10-20/h3-4,13,15,17,20H,2,5-12H2,1H3. The monoisotopic (exact) mass is 293 g/mol. The maximum atomic E-state index is 8.78. The number of anilines is 1. The van der Waals surface area contributed by atoms with Crippen LogP contribution in [-0.2, 0) is 11.3 Å². The summed E-state index contributed by atoms with van der Waals surface area (Å²) in [7, 11) is 0. The van der Waals surface area contributed by atoms with Crippen LogP contribution in [-0.4, -0.2) is 49.0 Å². The molecule has 1 aromatic heterocycles. The third-order valence-corrected chi connectivity index (χ3v) is 3.78. The molecule has 21 heavy (non-hydrogen) atoms. The molecule has 0 unspecified atom stereocenters. The molecule has 1 saturated heterocycles. The van der Waals surface area contributed by atoms with Crippen LogP contribution >= 0.6 is 0 Å². The summed E-state index contributed by atoms with van der Waals surface area (Å²) in [6, 6.07) is 4.26. The number of hydrogen-bond donors (Lipinski definition) is 2. The van der Waals surface area contributed by atoms with Crippen LogP contribution in [0.25, 0.3) is 0 Å². The molecule has 0 spiro atoms. The third kappa shape index (κ3) is 5.26. The van der Waals surface area contributed by atoms with Gasteiger partial charge in [0.25, 0.3) is 0 Å². The zero-order valence-corrected chi connectivity index (χ0v) is 12.9. The van der Waals surface area contributed by atoms with Crippen molar-refractivity contribution in [3.8, 4) is 0 Å². The van der Waals surface area contributed by atoms with Crippen LogP contribution in [0.4, 0.5) is 5.82 Å². The lowest BCUT2D eigenvalue weighted by Crippen LogP contribution is -2.37. The van der Waals surface area contributed by atoms with Crippen molar-refractivity contribution in [3.63, 3.8) is 0 Å². The Morgan fingerprint density at radius 3 is 2.81 bits per heavy atom. The highest BCUT2D eigenvalue weighted by molar-refractivity contribution is 5.39. The summed E-state index contributed by atoms with van der Waals surface area (Å²) in [5, 5.41) is 12.2. The van der Waals surface area contributed by atoms with Crippen molar-refractivity contribution < 1.29 is 9.84 Å². The fraction of sp³-hybridized carbons (Fsp3) is 0.688. The second-order valence-electron chi connectivity index (χ2n) is 5.48. The van der Waals surface area contributed by atoms with E-state index in [-0.39, 0.29) is 12.7 Å². The predicted molar refractivity (Wildman–Crippen MR) is 84.5 cm³/mol. The molecule has 0 aromatic carbocycles. The quantitative estimate of drug-likeness (QED) is 0.712. The van der Waals surface area contributed by atoms with Crippen molar-refractivity contribution in [1.82, 2.24) is 10.3 Å². The summed E-state index contributed by atoms with van der Waals surface area (Å²) >= 11 is 0. The highest BCUT2D eigenvalue weighted by Gasteiger charge is 2.20. The molecule has 0 radical (unpaired) electrons. The first-order valence-corrected chi connectivity index (χ1v) is 7.96. The number of rotatable bonds is 8.